The van der Waals surface area contributed by atoms with Crippen LogP contribution in [0.1, 0.15) is 103 Å². The van der Waals surface area contributed by atoms with Crippen molar-refractivity contribution in [1.82, 2.24) is 0 Å². The molecule has 1 fully saturated rings. The highest BCUT2D eigenvalue weighted by atomic mass is 16.6. The number of benzene rings is 1. The van der Waals surface area contributed by atoms with Crippen LogP contribution < -0.4 is 5.32 Å². The molecule has 0 saturated heterocycles. The summed E-state index contributed by atoms with van der Waals surface area (Å²) in [7, 11) is 1.47. The minimum absolute atomic E-state index is 0.0363. The molecule has 32 heavy (non-hydrogen) atoms. The van der Waals surface area contributed by atoms with E-state index in [-0.39, 0.29) is 39.9 Å². The molecule has 1 N–H and O–H groups in total. The maximum atomic E-state index is 12.9. The molecular weight excluding hydrogens is 404 g/mol. The van der Waals surface area contributed by atoms with Crippen LogP contribution in [0.3, 0.4) is 0 Å². The average Bonchev–Trinajstić information content (AvgIpc) is 2.72. The highest BCUT2D eigenvalue weighted by molar-refractivity contribution is 5.78. The number of anilines is 1. The summed E-state index contributed by atoms with van der Waals surface area (Å²) in [5.74, 6) is -0.0107. The van der Waals surface area contributed by atoms with Crippen LogP contribution in [0.5, 0.6) is 0 Å². The molecule has 0 radical (unpaired) electrons. The third-order valence-corrected chi connectivity index (χ3v) is 8.21. The van der Waals surface area contributed by atoms with Crippen molar-refractivity contribution in [2.75, 3.05) is 12.4 Å². The first kappa shape index (κ1) is 24.5. The van der Waals surface area contributed by atoms with Crippen LogP contribution in [-0.2, 0) is 21.4 Å². The zero-order valence-corrected chi connectivity index (χ0v) is 20.8. The maximum Gasteiger partial charge on any atom is 0.311 e. The number of nitro groups is 1. The zero-order valence-electron chi connectivity index (χ0n) is 20.8. The van der Waals surface area contributed by atoms with Gasteiger partial charge in [0.2, 0.25) is 0 Å². The summed E-state index contributed by atoms with van der Waals surface area (Å²) in [6.07, 6.45) is 6.10. The summed E-state index contributed by atoms with van der Waals surface area (Å²) in [6, 6.07) is 2.42. The second kappa shape index (κ2) is 9.03. The topological polar surface area (TPSA) is 81.5 Å². The second-order valence-electron chi connectivity index (χ2n) is 10.7. The fourth-order valence-corrected chi connectivity index (χ4v) is 6.77. The SMILES string of the molecule is CCCC(C)Nc1cc2c(c([N+](=O)[O-])c1C(C)C)CC[C@H]1[C@](C)(C(=O)OC)CCC[C@]21C. The molecule has 0 aliphatic heterocycles. The van der Waals surface area contributed by atoms with Gasteiger partial charge in [-0.1, -0.05) is 40.5 Å². The summed E-state index contributed by atoms with van der Waals surface area (Å²) in [4.78, 5) is 25.1. The number of hydrogen-bond donors (Lipinski definition) is 1. The van der Waals surface area contributed by atoms with Crippen molar-refractivity contribution < 1.29 is 14.5 Å². The maximum absolute atomic E-state index is 12.9. The lowest BCUT2D eigenvalue weighted by Crippen LogP contribution is -2.52. The van der Waals surface area contributed by atoms with Gasteiger partial charge in [0.05, 0.1) is 23.0 Å². The van der Waals surface area contributed by atoms with Gasteiger partial charge in [0, 0.05) is 17.3 Å². The van der Waals surface area contributed by atoms with E-state index < -0.39 is 5.41 Å². The van der Waals surface area contributed by atoms with Gasteiger partial charge in [-0.05, 0) is 74.8 Å². The fourth-order valence-electron chi connectivity index (χ4n) is 6.77. The van der Waals surface area contributed by atoms with Crippen LogP contribution in [0.25, 0.3) is 0 Å². The Kier molecular flexibility index (Phi) is 6.92. The van der Waals surface area contributed by atoms with Gasteiger partial charge in [-0.25, -0.2) is 0 Å². The molecule has 3 rings (SSSR count). The van der Waals surface area contributed by atoms with Gasteiger partial charge in [-0.2, -0.15) is 0 Å². The first-order chi connectivity index (χ1) is 15.0. The number of nitrogens with one attached hydrogen (secondary N) is 1. The van der Waals surface area contributed by atoms with E-state index in [9.17, 15) is 14.9 Å². The standard InChI is InChI=1S/C26H40N2O4/c1-8-10-17(4)27-20-15-19-18(23(28(30)31)22(20)16(2)3)11-12-21-25(19,5)13-9-14-26(21,6)24(29)32-7/h15-17,21,27H,8-14H2,1-7H3/t17?,21-,25-,26-/m1/s1. The van der Waals surface area contributed by atoms with E-state index in [1.54, 1.807) is 0 Å². The van der Waals surface area contributed by atoms with E-state index in [0.29, 0.717) is 6.42 Å². The van der Waals surface area contributed by atoms with E-state index in [1.807, 2.05) is 20.8 Å². The summed E-state index contributed by atoms with van der Waals surface area (Å²) >= 11 is 0. The van der Waals surface area contributed by atoms with Gasteiger partial charge in [0.1, 0.15) is 0 Å². The van der Waals surface area contributed by atoms with Crippen molar-refractivity contribution in [2.45, 2.75) is 104 Å². The van der Waals surface area contributed by atoms with Crippen LogP contribution >= 0.6 is 0 Å². The smallest absolute Gasteiger partial charge is 0.311 e. The van der Waals surface area contributed by atoms with Gasteiger partial charge in [0.25, 0.3) is 5.69 Å². The Labute approximate surface area is 192 Å². The predicted molar refractivity (Wildman–Crippen MR) is 128 cm³/mol. The number of esters is 1. The summed E-state index contributed by atoms with van der Waals surface area (Å²) < 4.78 is 5.23. The molecule has 0 aromatic heterocycles. The molecule has 1 aromatic rings. The molecule has 4 atom stereocenters. The lowest BCUT2D eigenvalue weighted by Gasteiger charge is -2.54. The first-order valence-electron chi connectivity index (χ1n) is 12.2. The Morgan fingerprint density at radius 2 is 2.00 bits per heavy atom. The van der Waals surface area contributed by atoms with Crippen LogP contribution in [0.4, 0.5) is 11.4 Å². The molecule has 6 heteroatoms. The largest absolute Gasteiger partial charge is 0.469 e. The van der Waals surface area contributed by atoms with E-state index in [4.69, 9.17) is 4.74 Å². The van der Waals surface area contributed by atoms with Gasteiger partial charge in [0.15, 0.2) is 0 Å². The van der Waals surface area contributed by atoms with Gasteiger partial charge >= 0.3 is 5.97 Å². The fraction of sp³-hybridized carbons (Fsp3) is 0.731. The summed E-state index contributed by atoms with van der Waals surface area (Å²) in [5, 5.41) is 16.0. The Bertz CT molecular complexity index is 896. The van der Waals surface area contributed by atoms with Crippen LogP contribution in [0.15, 0.2) is 6.07 Å². The zero-order chi connectivity index (χ0) is 23.8. The average molecular weight is 445 g/mol. The molecule has 1 aromatic carbocycles. The Morgan fingerprint density at radius 1 is 1.31 bits per heavy atom. The lowest BCUT2D eigenvalue weighted by atomic mass is 9.49. The van der Waals surface area contributed by atoms with Crippen LogP contribution in [-0.4, -0.2) is 24.0 Å². The third-order valence-electron chi connectivity index (χ3n) is 8.21. The van der Waals surface area contributed by atoms with Crippen LogP contribution in [0.2, 0.25) is 0 Å². The minimum atomic E-state index is -0.561. The highest BCUT2D eigenvalue weighted by Gasteiger charge is 2.56. The van der Waals surface area contributed by atoms with Crippen molar-refractivity contribution in [3.63, 3.8) is 0 Å². The second-order valence-corrected chi connectivity index (χ2v) is 10.7. The number of nitrogens with zero attached hydrogens (tertiary/aromatic N) is 1. The van der Waals surface area contributed by atoms with Crippen molar-refractivity contribution in [1.29, 1.82) is 0 Å². The molecule has 1 unspecified atom stereocenters. The molecule has 0 bridgehead atoms. The highest BCUT2D eigenvalue weighted by Crippen LogP contribution is 2.59. The molecule has 0 heterocycles. The van der Waals surface area contributed by atoms with Gasteiger partial charge in [-0.3, -0.25) is 14.9 Å². The number of carbonyl (C=O) groups excluding carboxylic acids is 1. The first-order valence-corrected chi connectivity index (χ1v) is 12.2. The number of fused-ring (bicyclic) bond motifs is 3. The molecular formula is C26H40N2O4. The van der Waals surface area contributed by atoms with Crippen molar-refractivity contribution >= 4 is 17.3 Å². The molecule has 0 spiro atoms. The van der Waals surface area contributed by atoms with Crippen LogP contribution in [0, 0.1) is 21.4 Å². The van der Waals surface area contributed by atoms with E-state index in [0.717, 1.165) is 60.9 Å². The molecule has 178 valence electrons. The monoisotopic (exact) mass is 444 g/mol. The number of methoxy groups -OCH3 is 1. The Hall–Kier alpha value is -2.11. The van der Waals surface area contributed by atoms with Gasteiger partial charge in [-0.15, -0.1) is 0 Å². The number of ether oxygens (including phenoxy) is 1. The number of nitro benzene ring substituents is 1. The molecule has 6 nitrogen and oxygen atoms in total. The lowest BCUT2D eigenvalue weighted by molar-refractivity contribution is -0.386. The van der Waals surface area contributed by atoms with Gasteiger partial charge < -0.3 is 10.1 Å². The minimum Gasteiger partial charge on any atom is -0.469 e. The molecule has 1 saturated carbocycles. The molecule has 2 aliphatic carbocycles. The number of carbonyl (C=O) groups is 1. The van der Waals surface area contributed by atoms with E-state index in [2.05, 4.69) is 32.2 Å². The summed E-state index contributed by atoms with van der Waals surface area (Å²) in [5.41, 5.74) is 3.07. The predicted octanol–water partition coefficient (Wildman–Crippen LogP) is 6.50. The van der Waals surface area contributed by atoms with Crippen molar-refractivity contribution in [2.24, 2.45) is 11.3 Å². The quantitative estimate of drug-likeness (QED) is 0.295. The summed E-state index contributed by atoms with van der Waals surface area (Å²) in [6.45, 7) is 12.6. The Balaban J connectivity index is 2.24. The van der Waals surface area contributed by atoms with Crippen molar-refractivity contribution in [3.05, 3.63) is 32.9 Å². The number of hydrogen-bond acceptors (Lipinski definition) is 5. The third kappa shape index (κ3) is 3.90. The van der Waals surface area contributed by atoms with E-state index in [1.165, 1.54) is 7.11 Å². The molecule has 0 amide bonds. The normalized spacial score (nSPS) is 27.9. The molecule has 2 aliphatic rings. The van der Waals surface area contributed by atoms with E-state index >= 15 is 0 Å². The number of rotatable bonds is 7. The Morgan fingerprint density at radius 3 is 2.56 bits per heavy atom. The van der Waals surface area contributed by atoms with Crippen molar-refractivity contribution in [3.8, 4) is 0 Å².